The fourth-order valence-electron chi connectivity index (χ4n) is 3.91. The van der Waals surface area contributed by atoms with E-state index < -0.39 is 26.6 Å². The van der Waals surface area contributed by atoms with Crippen LogP contribution in [0.3, 0.4) is 0 Å². The molecule has 0 bridgehead atoms. The minimum Gasteiger partial charge on any atom is -0.355 e. The number of rotatable bonds is 4. The summed E-state index contributed by atoms with van der Waals surface area (Å²) < 4.78 is 54.5. The van der Waals surface area contributed by atoms with Gasteiger partial charge in [0.25, 0.3) is 0 Å². The Morgan fingerprint density at radius 3 is 1.83 bits per heavy atom. The molecule has 1 aromatic heterocycles. The lowest BCUT2D eigenvalue weighted by molar-refractivity contribution is 0.377. The van der Waals surface area contributed by atoms with Crippen LogP contribution in [0.4, 0.5) is 20.4 Å². The number of nitrogens with zero attached hydrogens (tertiary/aromatic N) is 5. The van der Waals surface area contributed by atoms with Crippen molar-refractivity contribution in [3.05, 3.63) is 42.0 Å². The van der Waals surface area contributed by atoms with Gasteiger partial charge in [-0.2, -0.15) is 4.31 Å². The van der Waals surface area contributed by atoms with E-state index in [0.29, 0.717) is 18.9 Å². The van der Waals surface area contributed by atoms with E-state index in [0.717, 1.165) is 60.2 Å². The summed E-state index contributed by atoms with van der Waals surface area (Å²) in [4.78, 5) is 3.27. The number of hydrogen-bond donors (Lipinski definition) is 0. The van der Waals surface area contributed by atoms with Gasteiger partial charge in [0.2, 0.25) is 10.0 Å². The predicted molar refractivity (Wildman–Crippen MR) is 110 cm³/mol. The van der Waals surface area contributed by atoms with Crippen molar-refractivity contribution in [1.82, 2.24) is 14.5 Å². The molecule has 2 saturated heterocycles. The van der Waals surface area contributed by atoms with Gasteiger partial charge in [-0.1, -0.05) is 13.0 Å². The molecule has 0 N–H and O–H groups in total. The van der Waals surface area contributed by atoms with Gasteiger partial charge >= 0.3 is 0 Å². The molecule has 0 saturated carbocycles. The van der Waals surface area contributed by atoms with Crippen LogP contribution in [0.5, 0.6) is 0 Å². The molecule has 2 aliphatic heterocycles. The van der Waals surface area contributed by atoms with Gasteiger partial charge < -0.3 is 9.80 Å². The van der Waals surface area contributed by atoms with Crippen LogP contribution in [-0.2, 0) is 10.0 Å². The number of halogens is 2. The Balaban J connectivity index is 1.41. The minimum absolute atomic E-state index is 0.115. The van der Waals surface area contributed by atoms with Gasteiger partial charge in [-0.25, -0.2) is 17.2 Å². The first kappa shape index (κ1) is 20.9. The van der Waals surface area contributed by atoms with Crippen molar-refractivity contribution in [2.24, 2.45) is 5.92 Å². The molecule has 162 valence electrons. The van der Waals surface area contributed by atoms with Crippen molar-refractivity contribution in [3.8, 4) is 0 Å². The lowest BCUT2D eigenvalue weighted by Crippen LogP contribution is -2.49. The van der Waals surface area contributed by atoms with Crippen LogP contribution in [0.2, 0.25) is 0 Å². The highest BCUT2D eigenvalue weighted by Gasteiger charge is 2.33. The van der Waals surface area contributed by atoms with Crippen molar-refractivity contribution in [3.63, 3.8) is 0 Å². The van der Waals surface area contributed by atoms with Crippen molar-refractivity contribution in [1.29, 1.82) is 0 Å². The Morgan fingerprint density at radius 1 is 0.833 bits per heavy atom. The molecule has 10 heteroatoms. The number of hydrogen-bond acceptors (Lipinski definition) is 6. The van der Waals surface area contributed by atoms with Crippen molar-refractivity contribution >= 4 is 21.7 Å². The second-order valence-corrected chi connectivity index (χ2v) is 9.74. The van der Waals surface area contributed by atoms with Gasteiger partial charge in [-0.05, 0) is 43.0 Å². The van der Waals surface area contributed by atoms with E-state index in [4.69, 9.17) is 0 Å². The van der Waals surface area contributed by atoms with Gasteiger partial charge in [0, 0.05) is 39.3 Å². The first-order chi connectivity index (χ1) is 14.4. The normalized spacial score (nSPS) is 19.3. The van der Waals surface area contributed by atoms with Gasteiger partial charge in [-0.15, -0.1) is 10.2 Å². The first-order valence-corrected chi connectivity index (χ1v) is 11.6. The Hall–Kier alpha value is -2.33. The SMILES string of the molecule is CC1CCN(c2ccc(N3CCN(S(=O)(=O)c4c(F)cccc4F)CC3)nn2)CC1. The fraction of sp³-hybridized carbons (Fsp3) is 0.500. The molecule has 3 heterocycles. The Bertz CT molecular complexity index is 967. The van der Waals surface area contributed by atoms with Crippen molar-refractivity contribution < 1.29 is 17.2 Å². The van der Waals surface area contributed by atoms with Gasteiger partial charge in [0.05, 0.1) is 0 Å². The van der Waals surface area contributed by atoms with Crippen LogP contribution in [0.1, 0.15) is 19.8 Å². The number of piperidine rings is 1. The van der Waals surface area contributed by atoms with Crippen LogP contribution in [-0.4, -0.2) is 62.2 Å². The van der Waals surface area contributed by atoms with Crippen molar-refractivity contribution in [2.75, 3.05) is 49.1 Å². The molecule has 0 amide bonds. The third-order valence-corrected chi connectivity index (χ3v) is 7.77. The Kier molecular flexibility index (Phi) is 5.88. The molecule has 7 nitrogen and oxygen atoms in total. The van der Waals surface area contributed by atoms with Crippen LogP contribution < -0.4 is 9.80 Å². The maximum Gasteiger partial charge on any atom is 0.249 e. The lowest BCUT2D eigenvalue weighted by Gasteiger charge is -2.35. The highest BCUT2D eigenvalue weighted by Crippen LogP contribution is 2.25. The lowest BCUT2D eigenvalue weighted by atomic mass is 9.99. The topological polar surface area (TPSA) is 69.6 Å². The molecule has 4 rings (SSSR count). The largest absolute Gasteiger partial charge is 0.355 e. The summed E-state index contributed by atoms with van der Waals surface area (Å²) in [5.41, 5.74) is 0. The number of aromatic nitrogens is 2. The zero-order valence-corrected chi connectivity index (χ0v) is 17.7. The van der Waals surface area contributed by atoms with E-state index in [-0.39, 0.29) is 13.1 Å². The molecule has 2 aromatic rings. The second kappa shape index (κ2) is 8.43. The van der Waals surface area contributed by atoms with E-state index in [1.54, 1.807) is 0 Å². The molecular formula is C20H25F2N5O2S. The third-order valence-electron chi connectivity index (χ3n) is 5.82. The second-order valence-electron chi connectivity index (χ2n) is 7.86. The summed E-state index contributed by atoms with van der Waals surface area (Å²) >= 11 is 0. The van der Waals surface area contributed by atoms with E-state index >= 15 is 0 Å². The van der Waals surface area contributed by atoms with Gasteiger partial charge in [-0.3, -0.25) is 0 Å². The van der Waals surface area contributed by atoms with E-state index in [2.05, 4.69) is 22.0 Å². The molecule has 30 heavy (non-hydrogen) atoms. The molecular weight excluding hydrogens is 412 g/mol. The highest BCUT2D eigenvalue weighted by molar-refractivity contribution is 7.89. The number of anilines is 2. The Morgan fingerprint density at radius 2 is 1.33 bits per heavy atom. The Labute approximate surface area is 175 Å². The van der Waals surface area contributed by atoms with Gasteiger partial charge in [0.15, 0.2) is 16.5 Å². The zero-order chi connectivity index (χ0) is 21.3. The highest BCUT2D eigenvalue weighted by atomic mass is 32.2. The predicted octanol–water partition coefficient (Wildman–Crippen LogP) is 2.50. The quantitative estimate of drug-likeness (QED) is 0.732. The maximum atomic E-state index is 14.0. The third kappa shape index (κ3) is 4.11. The molecule has 0 radical (unpaired) electrons. The van der Waals surface area contributed by atoms with Crippen LogP contribution in [0.25, 0.3) is 0 Å². The summed E-state index contributed by atoms with van der Waals surface area (Å²) in [6.45, 7) is 5.16. The van der Waals surface area contributed by atoms with Gasteiger partial charge in [0.1, 0.15) is 11.6 Å². The summed E-state index contributed by atoms with van der Waals surface area (Å²) in [5.74, 6) is 0.0935. The summed E-state index contributed by atoms with van der Waals surface area (Å²) in [5, 5.41) is 8.66. The molecule has 0 spiro atoms. The minimum atomic E-state index is -4.24. The smallest absolute Gasteiger partial charge is 0.249 e. The van der Waals surface area contributed by atoms with E-state index in [1.807, 2.05) is 17.0 Å². The number of piperazine rings is 1. The molecule has 0 atom stereocenters. The van der Waals surface area contributed by atoms with Crippen LogP contribution in [0.15, 0.2) is 35.2 Å². The van der Waals surface area contributed by atoms with Crippen LogP contribution >= 0.6 is 0 Å². The molecule has 2 fully saturated rings. The summed E-state index contributed by atoms with van der Waals surface area (Å²) in [6.07, 6.45) is 2.28. The molecule has 0 aliphatic carbocycles. The number of sulfonamides is 1. The molecule has 2 aliphatic rings. The standard InChI is InChI=1S/C20H25F2N5O2S/c1-15-7-9-25(10-8-15)18-5-6-19(24-23-18)26-11-13-27(14-12-26)30(28,29)20-16(21)3-2-4-17(20)22/h2-6,15H,7-14H2,1H3. The van der Waals surface area contributed by atoms with E-state index in [9.17, 15) is 17.2 Å². The average molecular weight is 438 g/mol. The summed E-state index contributed by atoms with van der Waals surface area (Å²) in [7, 11) is -4.24. The maximum absolute atomic E-state index is 14.0. The average Bonchev–Trinajstić information content (AvgIpc) is 2.74. The first-order valence-electron chi connectivity index (χ1n) is 10.1. The van der Waals surface area contributed by atoms with Crippen LogP contribution in [0, 0.1) is 17.6 Å². The zero-order valence-electron chi connectivity index (χ0n) is 16.8. The monoisotopic (exact) mass is 437 g/mol. The molecule has 1 aromatic carbocycles. The fourth-order valence-corrected chi connectivity index (χ4v) is 5.44. The summed E-state index contributed by atoms with van der Waals surface area (Å²) in [6, 6.07) is 6.88. The van der Waals surface area contributed by atoms with Crippen molar-refractivity contribution in [2.45, 2.75) is 24.7 Å². The number of benzene rings is 1. The van der Waals surface area contributed by atoms with E-state index in [1.165, 1.54) is 0 Å². The molecule has 0 unspecified atom stereocenters.